The number of quaternary nitrogens is 1. The summed E-state index contributed by atoms with van der Waals surface area (Å²) in [6.45, 7) is 16.4. The summed E-state index contributed by atoms with van der Waals surface area (Å²) in [4.78, 5) is 2.98. The summed E-state index contributed by atoms with van der Waals surface area (Å²) in [6, 6.07) is 0. The lowest BCUT2D eigenvalue weighted by Gasteiger charge is -2.43. The van der Waals surface area contributed by atoms with Crippen LogP contribution in [-0.4, -0.2) is 36.2 Å². The van der Waals surface area contributed by atoms with E-state index in [4.69, 9.17) is 11.8 Å². The topological polar surface area (TPSA) is 12.0 Å². The van der Waals surface area contributed by atoms with E-state index in [1.54, 1.807) is 0 Å². The molecule has 20 heavy (non-hydrogen) atoms. The van der Waals surface area contributed by atoms with E-state index in [1.165, 1.54) is 62.6 Å². The van der Waals surface area contributed by atoms with Crippen LogP contribution < -0.4 is 17.2 Å². The Morgan fingerprint density at radius 3 is 1.45 bits per heavy atom. The minimum Gasteiger partial charge on any atom is -1.00 e. The van der Waals surface area contributed by atoms with Gasteiger partial charge in [0.2, 0.25) is 0 Å². The summed E-state index contributed by atoms with van der Waals surface area (Å²) in [5.41, 5.74) is 0.0107. The molecule has 0 aliphatic rings. The number of hydrogen-bond donors (Lipinski definition) is 1. The smallest absolute Gasteiger partial charge is 0.0978 e. The molecule has 0 bridgehead atoms. The van der Waals surface area contributed by atoms with Gasteiger partial charge in [-0.05, 0) is 44.9 Å². The fraction of sp³-hybridized carbons (Fsp3) is 1.00. The fourth-order valence-corrected chi connectivity index (χ4v) is 2.98. The van der Waals surface area contributed by atoms with Crippen molar-refractivity contribution >= 4 is 11.8 Å². The third-order valence-electron chi connectivity index (χ3n) is 3.94. The van der Waals surface area contributed by atoms with Crippen LogP contribution in [0, 0.1) is 0 Å². The summed E-state index contributed by atoms with van der Waals surface area (Å²) in [7, 11) is 0. The van der Waals surface area contributed by atoms with Crippen molar-refractivity contribution in [2.24, 2.45) is 0 Å². The van der Waals surface area contributed by atoms with Crippen molar-refractivity contribution in [2.45, 2.75) is 78.7 Å². The van der Waals surface area contributed by atoms with Gasteiger partial charge in [-0.15, -0.1) is 0 Å². The van der Waals surface area contributed by atoms with E-state index in [0.717, 1.165) is 6.54 Å². The van der Waals surface area contributed by atoms with Crippen LogP contribution in [0.2, 0.25) is 0 Å². The Balaban J connectivity index is 0. The first-order chi connectivity index (χ1) is 8.95. The molecular weight excluding hydrogens is 291 g/mol. The Bertz CT molecular complexity index is 199. The van der Waals surface area contributed by atoms with Crippen LogP contribution in [0.1, 0.15) is 73.1 Å². The second kappa shape index (κ2) is 12.1. The van der Waals surface area contributed by atoms with Crippen LogP contribution >= 0.6 is 11.8 Å². The summed E-state index contributed by atoms with van der Waals surface area (Å²) < 4.78 is 1.24. The quantitative estimate of drug-likeness (QED) is 0.425. The molecule has 0 fully saturated rings. The maximum Gasteiger partial charge on any atom is 0.0978 e. The molecule has 0 aromatic rings. The van der Waals surface area contributed by atoms with E-state index >= 15 is 0 Å². The third kappa shape index (κ3) is 9.44. The monoisotopic (exact) mass is 326 g/mol. The summed E-state index contributed by atoms with van der Waals surface area (Å²) in [5.74, 6) is 0. The van der Waals surface area contributed by atoms with E-state index in [1.807, 2.05) is 0 Å². The van der Waals surface area contributed by atoms with Gasteiger partial charge >= 0.3 is 0 Å². The molecule has 0 saturated heterocycles. The SMILES string of the molecule is CCCC[N+](CCCC)(CCCC)CC(C)(C)NCl.[Cl-]. The predicted molar refractivity (Wildman–Crippen MR) is 87.5 cm³/mol. The van der Waals surface area contributed by atoms with Crippen LogP contribution in [0.4, 0.5) is 0 Å². The van der Waals surface area contributed by atoms with Crippen LogP contribution in [0.15, 0.2) is 0 Å². The summed E-state index contributed by atoms with van der Waals surface area (Å²) in [5, 5.41) is 0. The van der Waals surface area contributed by atoms with Gasteiger partial charge in [0.1, 0.15) is 0 Å². The Hall–Kier alpha value is 0.500. The second-order valence-electron chi connectivity index (χ2n) is 6.71. The highest BCUT2D eigenvalue weighted by Gasteiger charge is 2.33. The van der Waals surface area contributed by atoms with Crippen molar-refractivity contribution in [2.75, 3.05) is 26.2 Å². The second-order valence-corrected chi connectivity index (χ2v) is 6.90. The lowest BCUT2D eigenvalue weighted by Crippen LogP contribution is -3.00. The third-order valence-corrected chi connectivity index (χ3v) is 4.46. The van der Waals surface area contributed by atoms with Crippen LogP contribution in [0.25, 0.3) is 0 Å². The normalized spacial score (nSPS) is 12.3. The molecule has 0 heterocycles. The first-order valence-electron chi connectivity index (χ1n) is 8.18. The molecule has 0 aromatic heterocycles. The molecule has 4 heteroatoms. The fourth-order valence-electron chi connectivity index (χ4n) is 2.92. The van der Waals surface area contributed by atoms with Crippen molar-refractivity contribution in [1.82, 2.24) is 4.84 Å². The van der Waals surface area contributed by atoms with Gasteiger partial charge in [-0.1, -0.05) is 40.0 Å². The highest BCUT2D eigenvalue weighted by Crippen LogP contribution is 2.20. The van der Waals surface area contributed by atoms with Crippen LogP contribution in [-0.2, 0) is 0 Å². The minimum atomic E-state index is 0. The number of halogens is 2. The number of nitrogens with zero attached hydrogens (tertiary/aromatic N) is 1. The van der Waals surface area contributed by atoms with Crippen molar-refractivity contribution in [1.29, 1.82) is 0 Å². The average molecular weight is 327 g/mol. The highest BCUT2D eigenvalue weighted by atomic mass is 35.5. The van der Waals surface area contributed by atoms with Crippen LogP contribution in [0.3, 0.4) is 0 Å². The zero-order valence-corrected chi connectivity index (χ0v) is 15.8. The van der Waals surface area contributed by atoms with Crippen molar-refractivity contribution in [3.63, 3.8) is 0 Å². The van der Waals surface area contributed by atoms with Gasteiger partial charge in [-0.25, -0.2) is 4.84 Å². The van der Waals surface area contributed by atoms with Gasteiger partial charge in [-0.3, -0.25) is 0 Å². The Morgan fingerprint density at radius 2 is 1.20 bits per heavy atom. The molecule has 0 aliphatic carbocycles. The predicted octanol–water partition coefficient (Wildman–Crippen LogP) is 1.73. The summed E-state index contributed by atoms with van der Waals surface area (Å²) in [6.07, 6.45) is 7.83. The number of hydrogen-bond acceptors (Lipinski definition) is 1. The molecule has 0 unspecified atom stereocenters. The number of unbranched alkanes of at least 4 members (excludes halogenated alkanes) is 3. The van der Waals surface area contributed by atoms with Gasteiger partial charge < -0.3 is 16.9 Å². The van der Waals surface area contributed by atoms with E-state index in [-0.39, 0.29) is 17.9 Å². The van der Waals surface area contributed by atoms with Crippen molar-refractivity contribution in [3.05, 3.63) is 0 Å². The first kappa shape index (κ1) is 22.8. The molecule has 0 radical (unpaired) electrons. The van der Waals surface area contributed by atoms with E-state index in [2.05, 4.69) is 39.5 Å². The molecule has 0 aromatic carbocycles. The van der Waals surface area contributed by atoms with E-state index in [9.17, 15) is 0 Å². The van der Waals surface area contributed by atoms with Crippen LogP contribution in [0.5, 0.6) is 0 Å². The molecule has 0 spiro atoms. The maximum absolute atomic E-state index is 5.94. The Labute approximate surface area is 138 Å². The number of nitrogens with one attached hydrogen (secondary N) is 1. The lowest BCUT2D eigenvalue weighted by molar-refractivity contribution is -0.931. The van der Waals surface area contributed by atoms with Gasteiger partial charge in [0.05, 0.1) is 31.7 Å². The molecule has 124 valence electrons. The van der Waals surface area contributed by atoms with Gasteiger partial charge in [-0.2, -0.15) is 0 Å². The Kier molecular flexibility index (Phi) is 13.8. The Morgan fingerprint density at radius 1 is 0.850 bits per heavy atom. The largest absolute Gasteiger partial charge is 1.00 e. The lowest BCUT2D eigenvalue weighted by atomic mass is 10.0. The van der Waals surface area contributed by atoms with Crippen molar-refractivity contribution in [3.8, 4) is 0 Å². The first-order valence-corrected chi connectivity index (χ1v) is 8.56. The molecule has 0 rings (SSSR count). The zero-order chi connectivity index (χ0) is 14.8. The highest BCUT2D eigenvalue weighted by molar-refractivity contribution is 6.13. The van der Waals surface area contributed by atoms with E-state index < -0.39 is 0 Å². The average Bonchev–Trinajstić information content (AvgIpc) is 2.40. The molecule has 0 aliphatic heterocycles. The molecule has 0 amide bonds. The van der Waals surface area contributed by atoms with Crippen molar-refractivity contribution < 1.29 is 16.9 Å². The standard InChI is InChI=1S/C16H36ClN2.ClH/c1-6-9-12-19(13-10-7-2,14-11-8-3)15-16(4,5)18-17;/h18H,6-15H2,1-5H3;1H/q+1;/p-1. The van der Waals surface area contributed by atoms with E-state index in [0.29, 0.717) is 0 Å². The van der Waals surface area contributed by atoms with Gasteiger partial charge in [0.25, 0.3) is 0 Å². The molecule has 1 N–H and O–H groups in total. The molecule has 0 saturated carbocycles. The molecular formula is C16H36Cl2N2. The number of rotatable bonds is 12. The van der Waals surface area contributed by atoms with Gasteiger partial charge in [0, 0.05) is 0 Å². The van der Waals surface area contributed by atoms with Gasteiger partial charge in [0.15, 0.2) is 0 Å². The maximum atomic E-state index is 5.94. The molecule has 0 atom stereocenters. The zero-order valence-electron chi connectivity index (χ0n) is 14.3. The summed E-state index contributed by atoms with van der Waals surface area (Å²) >= 11 is 5.94. The molecule has 2 nitrogen and oxygen atoms in total. The minimum absolute atomic E-state index is 0.